The van der Waals surface area contributed by atoms with Crippen molar-refractivity contribution in [2.24, 2.45) is 0 Å². The normalized spacial score (nSPS) is 15.8. The summed E-state index contributed by atoms with van der Waals surface area (Å²) in [4.78, 5) is 86.6. The molecule has 0 saturated heterocycles. The van der Waals surface area contributed by atoms with Crippen LogP contribution in [-0.4, -0.2) is 49.8 Å². The highest BCUT2D eigenvalue weighted by molar-refractivity contribution is 6.39. The number of esters is 2. The van der Waals surface area contributed by atoms with Gasteiger partial charge in [0.15, 0.2) is 0 Å². The number of methoxy groups -OCH3 is 2. The van der Waals surface area contributed by atoms with Gasteiger partial charge in [0.05, 0.1) is 19.9 Å². The molecule has 12 nitrogen and oxygen atoms in total. The van der Waals surface area contributed by atoms with Crippen LogP contribution >= 0.6 is 0 Å². The van der Waals surface area contributed by atoms with E-state index in [1.807, 2.05) is 0 Å². The molecule has 2 aliphatic heterocycles. The maximum absolute atomic E-state index is 12.5. The minimum Gasteiger partial charge on any atom is -0.465 e. The lowest BCUT2D eigenvalue weighted by Gasteiger charge is -2.16. The third kappa shape index (κ3) is 3.29. The number of fused-ring (bicyclic) bond motifs is 1. The molecule has 0 atom stereocenters. The van der Waals surface area contributed by atoms with Gasteiger partial charge in [0, 0.05) is 17.5 Å². The van der Waals surface area contributed by atoms with Crippen molar-refractivity contribution in [3.8, 4) is 0 Å². The van der Waals surface area contributed by atoms with Gasteiger partial charge in [-0.1, -0.05) is 0 Å². The number of ether oxygens (including phenoxy) is 2. The van der Waals surface area contributed by atoms with Gasteiger partial charge in [-0.15, -0.1) is 0 Å². The lowest BCUT2D eigenvalue weighted by atomic mass is 10.1. The van der Waals surface area contributed by atoms with Crippen LogP contribution in [0.1, 0.15) is 0 Å². The van der Waals surface area contributed by atoms with Gasteiger partial charge in [0.2, 0.25) is 0 Å². The van der Waals surface area contributed by atoms with Crippen molar-refractivity contribution in [1.82, 2.24) is 0 Å². The number of imide groups is 2. The Balaban J connectivity index is 1.75. The number of nitrogens with zero attached hydrogens (tertiary/aromatic N) is 2. The number of anilines is 2. The third-order valence-corrected chi connectivity index (χ3v) is 4.85. The van der Waals surface area contributed by atoms with Gasteiger partial charge in [-0.05, 0) is 24.3 Å². The zero-order valence-corrected chi connectivity index (χ0v) is 16.9. The van der Waals surface area contributed by atoms with Gasteiger partial charge in [-0.25, -0.2) is 24.2 Å². The molecule has 33 heavy (non-hydrogen) atoms. The van der Waals surface area contributed by atoms with Gasteiger partial charge in [0.1, 0.15) is 22.4 Å². The molecule has 2 aromatic rings. The summed E-state index contributed by atoms with van der Waals surface area (Å²) < 4.78 is 14.1. The second-order valence-corrected chi connectivity index (χ2v) is 6.70. The van der Waals surface area contributed by atoms with Crippen LogP contribution in [0.5, 0.6) is 0 Å². The number of hydrogen-bond acceptors (Lipinski definition) is 10. The maximum atomic E-state index is 12.5. The molecule has 0 unspecified atom stereocenters. The van der Waals surface area contributed by atoms with E-state index in [2.05, 4.69) is 9.47 Å². The molecule has 4 amide bonds. The highest BCUT2D eigenvalue weighted by atomic mass is 16.5. The number of amides is 4. The van der Waals surface area contributed by atoms with E-state index in [1.165, 1.54) is 18.2 Å². The smallest absolute Gasteiger partial charge is 0.360 e. The molecule has 2 aliphatic rings. The van der Waals surface area contributed by atoms with Crippen LogP contribution < -0.4 is 15.4 Å². The minimum atomic E-state index is -1.08. The topological polar surface area (TPSA) is 158 Å². The monoisotopic (exact) mass is 452 g/mol. The zero-order valence-electron chi connectivity index (χ0n) is 16.9. The van der Waals surface area contributed by atoms with E-state index in [-0.39, 0.29) is 16.7 Å². The third-order valence-electron chi connectivity index (χ3n) is 4.85. The molecule has 0 spiro atoms. The second kappa shape index (κ2) is 7.67. The Hall–Kier alpha value is -4.87. The molecule has 12 heteroatoms. The molecular weight excluding hydrogens is 440 g/mol. The van der Waals surface area contributed by atoms with E-state index in [0.29, 0.717) is 9.80 Å². The van der Waals surface area contributed by atoms with Crippen LogP contribution in [0.3, 0.4) is 0 Å². The fourth-order valence-electron chi connectivity index (χ4n) is 3.32. The highest BCUT2D eigenvalue weighted by Gasteiger charge is 2.39. The van der Waals surface area contributed by atoms with E-state index in [1.54, 1.807) is 0 Å². The average molecular weight is 452 g/mol. The van der Waals surface area contributed by atoms with Gasteiger partial charge in [0.25, 0.3) is 23.6 Å². The van der Waals surface area contributed by atoms with E-state index < -0.39 is 58.0 Å². The zero-order chi connectivity index (χ0) is 24.0. The van der Waals surface area contributed by atoms with Crippen molar-refractivity contribution < 1.29 is 42.7 Å². The van der Waals surface area contributed by atoms with Crippen molar-refractivity contribution in [3.05, 3.63) is 58.0 Å². The van der Waals surface area contributed by atoms with Crippen molar-refractivity contribution in [3.63, 3.8) is 0 Å². The molecule has 0 saturated carbocycles. The van der Waals surface area contributed by atoms with Crippen LogP contribution in [0.15, 0.2) is 56.8 Å². The lowest BCUT2D eigenvalue weighted by Crippen LogP contribution is -2.35. The Morgan fingerprint density at radius 1 is 0.788 bits per heavy atom. The first-order valence-corrected chi connectivity index (χ1v) is 9.12. The number of carbonyl (C=O) groups excluding carboxylic acids is 6. The van der Waals surface area contributed by atoms with Crippen LogP contribution in [-0.2, 0) is 38.2 Å². The Morgan fingerprint density at radius 2 is 1.33 bits per heavy atom. The van der Waals surface area contributed by atoms with Crippen LogP contribution in [0.4, 0.5) is 11.4 Å². The number of hydrogen-bond donors (Lipinski definition) is 0. The quantitative estimate of drug-likeness (QED) is 0.262. The predicted octanol–water partition coefficient (Wildman–Crippen LogP) is -0.262. The molecule has 0 bridgehead atoms. The number of benzene rings is 1. The summed E-state index contributed by atoms with van der Waals surface area (Å²) in [6.07, 6.45) is 1.56. The lowest BCUT2D eigenvalue weighted by molar-refractivity contribution is -0.138. The Labute approximate surface area is 183 Å². The number of carbonyl (C=O) groups is 6. The molecule has 0 aliphatic carbocycles. The van der Waals surface area contributed by atoms with Gasteiger partial charge in [-0.2, -0.15) is 0 Å². The van der Waals surface area contributed by atoms with E-state index >= 15 is 0 Å². The molecule has 1 aromatic carbocycles. The molecular formula is C21H12N2O10. The highest BCUT2D eigenvalue weighted by Crippen LogP contribution is 2.29. The summed E-state index contributed by atoms with van der Waals surface area (Å²) >= 11 is 0. The molecule has 0 radical (unpaired) electrons. The SMILES string of the molecule is COC(=O)C1=CC(=O)N(c2ccc3oc(=O)c(N4C(=O)C=C(C(=O)OC)C4=O)cc3c2)C1=O. The molecule has 4 rings (SSSR count). The second-order valence-electron chi connectivity index (χ2n) is 6.70. The first kappa shape index (κ1) is 21.4. The standard InChI is InChI=1S/C21H12N2O10/c1-31-19(28)11-7-15(24)22(17(11)26)10-3-4-14-9(5-10)6-13(21(30)33-14)23-16(25)8-12(18(23)27)20(29)32-2/h3-8H,1-2H3. The average Bonchev–Trinajstić information content (AvgIpc) is 3.26. The van der Waals surface area contributed by atoms with Gasteiger partial charge < -0.3 is 13.9 Å². The Bertz CT molecular complexity index is 1430. The summed E-state index contributed by atoms with van der Waals surface area (Å²) in [5, 5.41) is 0.140. The van der Waals surface area contributed by atoms with E-state index in [0.717, 1.165) is 32.4 Å². The van der Waals surface area contributed by atoms with Gasteiger partial charge in [-0.3, -0.25) is 19.2 Å². The summed E-state index contributed by atoms with van der Waals surface area (Å²) in [5.74, 6) is -5.78. The van der Waals surface area contributed by atoms with E-state index in [9.17, 15) is 33.6 Å². The Kier molecular flexibility index (Phi) is 4.97. The van der Waals surface area contributed by atoms with E-state index in [4.69, 9.17) is 4.42 Å². The molecule has 0 fully saturated rings. The minimum absolute atomic E-state index is 0.0213. The Morgan fingerprint density at radius 3 is 1.91 bits per heavy atom. The van der Waals surface area contributed by atoms with Crippen molar-refractivity contribution >= 4 is 57.9 Å². The maximum Gasteiger partial charge on any atom is 0.360 e. The fourth-order valence-corrected chi connectivity index (χ4v) is 3.32. The summed E-state index contributed by atoms with van der Waals surface area (Å²) in [7, 11) is 2.08. The largest absolute Gasteiger partial charge is 0.465 e. The van der Waals surface area contributed by atoms with Crippen LogP contribution in [0.25, 0.3) is 11.0 Å². The summed E-state index contributed by atoms with van der Waals surface area (Å²) in [6, 6.07) is 5.01. The van der Waals surface area contributed by atoms with Crippen molar-refractivity contribution in [2.45, 2.75) is 0 Å². The summed E-state index contributed by atoms with van der Waals surface area (Å²) in [6.45, 7) is 0. The predicted molar refractivity (Wildman–Crippen MR) is 108 cm³/mol. The molecule has 3 heterocycles. The molecule has 0 N–H and O–H groups in total. The van der Waals surface area contributed by atoms with Crippen LogP contribution in [0, 0.1) is 0 Å². The number of rotatable bonds is 4. The summed E-state index contributed by atoms with van der Waals surface area (Å²) in [5.41, 5.74) is -2.51. The van der Waals surface area contributed by atoms with Crippen molar-refractivity contribution in [1.29, 1.82) is 0 Å². The van der Waals surface area contributed by atoms with Gasteiger partial charge >= 0.3 is 17.6 Å². The van der Waals surface area contributed by atoms with Crippen molar-refractivity contribution in [2.75, 3.05) is 24.0 Å². The molecule has 1 aromatic heterocycles. The first-order chi connectivity index (χ1) is 15.7. The first-order valence-electron chi connectivity index (χ1n) is 9.12. The molecule has 166 valence electrons. The fraction of sp³-hybridized carbons (Fsp3) is 0.0952. The van der Waals surface area contributed by atoms with Crippen LogP contribution in [0.2, 0.25) is 0 Å².